The minimum atomic E-state index is -0.169. The number of phenolic OH excluding ortho intramolecular Hbond substituents is 1. The number of phenols is 1. The highest BCUT2D eigenvalue weighted by Gasteiger charge is 2.33. The summed E-state index contributed by atoms with van der Waals surface area (Å²) < 4.78 is 0. The number of piperidine rings is 1. The number of carbonyl (C=O) groups is 2. The highest BCUT2D eigenvalue weighted by atomic mass is 16.3. The second-order valence-electron chi connectivity index (χ2n) is 5.49. The molecule has 2 aliphatic heterocycles. The van der Waals surface area contributed by atoms with Gasteiger partial charge in [0.1, 0.15) is 5.75 Å². The lowest BCUT2D eigenvalue weighted by Crippen LogP contribution is -2.50. The first-order valence-corrected chi connectivity index (χ1v) is 7.28. The third kappa shape index (κ3) is 2.66. The van der Waals surface area contributed by atoms with Crippen molar-refractivity contribution in [3.05, 3.63) is 29.8 Å². The van der Waals surface area contributed by atoms with Gasteiger partial charge in [-0.25, -0.2) is 4.79 Å². The zero-order chi connectivity index (χ0) is 14.8. The largest absolute Gasteiger partial charge is 0.507 e. The van der Waals surface area contributed by atoms with E-state index in [1.807, 2.05) is 4.90 Å². The summed E-state index contributed by atoms with van der Waals surface area (Å²) in [5.74, 6) is -0.166. The first-order valence-electron chi connectivity index (χ1n) is 7.28. The minimum Gasteiger partial charge on any atom is -0.507 e. The smallest absolute Gasteiger partial charge is 0.317 e. The van der Waals surface area contributed by atoms with E-state index >= 15 is 0 Å². The zero-order valence-electron chi connectivity index (χ0n) is 11.8. The molecule has 6 heteroatoms. The summed E-state index contributed by atoms with van der Waals surface area (Å²) >= 11 is 0. The monoisotopic (exact) mass is 289 g/mol. The van der Waals surface area contributed by atoms with Crippen LogP contribution in [-0.2, 0) is 0 Å². The number of hydrogen-bond donors (Lipinski definition) is 2. The summed E-state index contributed by atoms with van der Waals surface area (Å²) in [4.78, 5) is 27.8. The number of rotatable bonds is 2. The first kappa shape index (κ1) is 13.7. The number of para-hydroxylation sites is 1. The van der Waals surface area contributed by atoms with E-state index in [2.05, 4.69) is 5.32 Å². The van der Waals surface area contributed by atoms with E-state index in [0.717, 1.165) is 12.8 Å². The molecule has 0 bridgehead atoms. The summed E-state index contributed by atoms with van der Waals surface area (Å²) in [7, 11) is 0. The Kier molecular flexibility index (Phi) is 3.68. The number of hydrogen-bond acceptors (Lipinski definition) is 3. The third-order valence-corrected chi connectivity index (χ3v) is 4.15. The third-order valence-electron chi connectivity index (χ3n) is 4.15. The molecule has 1 aromatic rings. The van der Waals surface area contributed by atoms with Crippen LogP contribution in [0.1, 0.15) is 23.2 Å². The van der Waals surface area contributed by atoms with Crippen LogP contribution in [0, 0.1) is 0 Å². The Balaban J connectivity index is 1.72. The Bertz CT molecular complexity index is 561. The number of aromatic hydroxyl groups is 1. The van der Waals surface area contributed by atoms with E-state index in [-0.39, 0.29) is 23.7 Å². The Labute approximate surface area is 123 Å². The van der Waals surface area contributed by atoms with Crippen molar-refractivity contribution in [3.8, 4) is 5.75 Å². The second-order valence-corrected chi connectivity index (χ2v) is 5.49. The molecule has 21 heavy (non-hydrogen) atoms. The number of benzene rings is 1. The highest BCUT2D eigenvalue weighted by Crippen LogP contribution is 2.22. The van der Waals surface area contributed by atoms with Crippen molar-refractivity contribution in [2.45, 2.75) is 18.9 Å². The van der Waals surface area contributed by atoms with Crippen LogP contribution in [0.5, 0.6) is 5.75 Å². The molecule has 1 atom stereocenters. The van der Waals surface area contributed by atoms with Gasteiger partial charge in [0.2, 0.25) is 0 Å². The molecular formula is C15H19N3O3. The number of likely N-dealkylation sites (tertiary alicyclic amines) is 1. The summed E-state index contributed by atoms with van der Waals surface area (Å²) in [6.07, 6.45) is 1.78. The van der Waals surface area contributed by atoms with E-state index in [1.165, 1.54) is 6.07 Å². The summed E-state index contributed by atoms with van der Waals surface area (Å²) in [6, 6.07) is 6.60. The van der Waals surface area contributed by atoms with Gasteiger partial charge in [0.15, 0.2) is 0 Å². The Morgan fingerprint density at radius 3 is 2.81 bits per heavy atom. The molecule has 1 unspecified atom stereocenters. The van der Waals surface area contributed by atoms with Crippen LogP contribution >= 0.6 is 0 Å². The van der Waals surface area contributed by atoms with Gasteiger partial charge in [-0.3, -0.25) is 4.79 Å². The predicted octanol–water partition coefficient (Wildman–Crippen LogP) is 1.02. The van der Waals surface area contributed by atoms with Crippen LogP contribution in [0.2, 0.25) is 0 Å². The quantitative estimate of drug-likeness (QED) is 0.854. The summed E-state index contributed by atoms with van der Waals surface area (Å²) in [6.45, 7) is 2.56. The van der Waals surface area contributed by atoms with Gasteiger partial charge >= 0.3 is 6.03 Å². The van der Waals surface area contributed by atoms with E-state index in [9.17, 15) is 14.7 Å². The van der Waals surface area contributed by atoms with Gasteiger partial charge in [-0.2, -0.15) is 0 Å². The first-order chi connectivity index (χ1) is 10.2. The molecular weight excluding hydrogens is 270 g/mol. The van der Waals surface area contributed by atoms with E-state index < -0.39 is 0 Å². The number of urea groups is 1. The van der Waals surface area contributed by atoms with E-state index in [4.69, 9.17) is 0 Å². The topological polar surface area (TPSA) is 72.9 Å². The van der Waals surface area contributed by atoms with Crippen molar-refractivity contribution in [3.63, 3.8) is 0 Å². The molecule has 2 heterocycles. The maximum Gasteiger partial charge on any atom is 0.317 e. The van der Waals surface area contributed by atoms with Gasteiger partial charge < -0.3 is 20.2 Å². The van der Waals surface area contributed by atoms with Gasteiger partial charge in [0.05, 0.1) is 11.6 Å². The Morgan fingerprint density at radius 1 is 1.29 bits per heavy atom. The predicted molar refractivity (Wildman–Crippen MR) is 77.1 cm³/mol. The van der Waals surface area contributed by atoms with Crippen molar-refractivity contribution >= 4 is 11.9 Å². The molecule has 2 aliphatic rings. The lowest BCUT2D eigenvalue weighted by atomic mass is 10.0. The number of nitrogens with zero attached hydrogens (tertiary/aromatic N) is 2. The molecule has 0 aliphatic carbocycles. The molecule has 112 valence electrons. The standard InChI is InChI=1S/C15H19N3O3/c19-13-6-2-1-5-12(13)14(20)17-8-3-4-11(10-17)18-9-7-16-15(18)21/h1-2,5-6,11,19H,3-4,7-10H2,(H,16,21). The fraction of sp³-hybridized carbons (Fsp3) is 0.467. The molecule has 0 spiro atoms. The van der Waals surface area contributed by atoms with Gasteiger partial charge in [-0.1, -0.05) is 12.1 Å². The van der Waals surface area contributed by atoms with E-state index in [1.54, 1.807) is 23.1 Å². The van der Waals surface area contributed by atoms with Crippen molar-refractivity contribution in [2.75, 3.05) is 26.2 Å². The molecule has 0 radical (unpaired) electrons. The molecule has 0 saturated carbocycles. The zero-order valence-corrected chi connectivity index (χ0v) is 11.8. The molecule has 3 rings (SSSR count). The Hall–Kier alpha value is -2.24. The lowest BCUT2D eigenvalue weighted by Gasteiger charge is -2.37. The van der Waals surface area contributed by atoms with Gasteiger partial charge in [-0.05, 0) is 25.0 Å². The van der Waals surface area contributed by atoms with Crippen molar-refractivity contribution in [2.24, 2.45) is 0 Å². The molecule has 0 aromatic heterocycles. The highest BCUT2D eigenvalue weighted by molar-refractivity contribution is 5.96. The molecule has 2 saturated heterocycles. The van der Waals surface area contributed by atoms with Crippen LogP contribution < -0.4 is 5.32 Å². The van der Waals surface area contributed by atoms with Crippen LogP contribution in [0.25, 0.3) is 0 Å². The lowest BCUT2D eigenvalue weighted by molar-refractivity contribution is 0.0631. The molecule has 1 aromatic carbocycles. The number of nitrogens with one attached hydrogen (secondary N) is 1. The van der Waals surface area contributed by atoms with Crippen molar-refractivity contribution in [1.82, 2.24) is 15.1 Å². The maximum atomic E-state index is 12.5. The molecule has 2 N–H and O–H groups in total. The molecule has 3 amide bonds. The normalized spacial score (nSPS) is 22.3. The summed E-state index contributed by atoms with van der Waals surface area (Å²) in [5.41, 5.74) is 0.323. The average molecular weight is 289 g/mol. The Morgan fingerprint density at radius 2 is 2.10 bits per heavy atom. The summed E-state index contributed by atoms with van der Waals surface area (Å²) in [5, 5.41) is 12.6. The van der Waals surface area contributed by atoms with Crippen LogP contribution in [0.4, 0.5) is 4.79 Å². The SMILES string of the molecule is O=C(c1ccccc1O)N1CCCC(N2CCNC2=O)C1. The van der Waals surface area contributed by atoms with Gasteiger partial charge in [-0.15, -0.1) is 0 Å². The van der Waals surface area contributed by atoms with Crippen molar-refractivity contribution in [1.29, 1.82) is 0 Å². The number of carbonyl (C=O) groups excluding carboxylic acids is 2. The number of amides is 3. The fourth-order valence-corrected chi connectivity index (χ4v) is 3.05. The molecule has 6 nitrogen and oxygen atoms in total. The second kappa shape index (κ2) is 5.63. The molecule has 2 fully saturated rings. The maximum absolute atomic E-state index is 12.5. The van der Waals surface area contributed by atoms with E-state index in [0.29, 0.717) is 31.7 Å². The van der Waals surface area contributed by atoms with Crippen LogP contribution in [-0.4, -0.2) is 59.1 Å². The van der Waals surface area contributed by atoms with Crippen molar-refractivity contribution < 1.29 is 14.7 Å². The average Bonchev–Trinajstić information content (AvgIpc) is 2.93. The minimum absolute atomic E-state index is 0.00328. The van der Waals surface area contributed by atoms with Crippen LogP contribution in [0.15, 0.2) is 24.3 Å². The van der Waals surface area contributed by atoms with Gasteiger partial charge in [0.25, 0.3) is 5.91 Å². The fourth-order valence-electron chi connectivity index (χ4n) is 3.05. The van der Waals surface area contributed by atoms with Crippen LogP contribution in [0.3, 0.4) is 0 Å². The van der Waals surface area contributed by atoms with Gasteiger partial charge in [0, 0.05) is 26.2 Å².